The lowest BCUT2D eigenvalue weighted by atomic mass is 9.93. The van der Waals surface area contributed by atoms with Crippen molar-refractivity contribution >= 4 is 21.8 Å². The number of amides is 1. The molecule has 2 aliphatic rings. The standard InChI is InChI=1S/C16H20BrNO3/c1-11-16(20,8-9-21-11)10-18-14(19)15(6-7-15)12-2-4-13(17)5-3-12/h2-5,11,20H,6-10H2,1H3,(H,18,19). The van der Waals surface area contributed by atoms with Gasteiger partial charge in [-0.2, -0.15) is 0 Å². The fraction of sp³-hybridized carbons (Fsp3) is 0.562. The van der Waals surface area contributed by atoms with Gasteiger partial charge in [0.2, 0.25) is 5.91 Å². The van der Waals surface area contributed by atoms with Crippen LogP contribution in [-0.2, 0) is 14.9 Å². The van der Waals surface area contributed by atoms with Crippen molar-refractivity contribution in [1.29, 1.82) is 0 Å². The third-order valence-corrected chi connectivity index (χ3v) is 5.32. The van der Waals surface area contributed by atoms with E-state index in [0.717, 1.165) is 22.9 Å². The first-order valence-corrected chi connectivity index (χ1v) is 8.14. The molecule has 2 N–H and O–H groups in total. The molecule has 3 rings (SSSR count). The molecule has 2 unspecified atom stereocenters. The van der Waals surface area contributed by atoms with E-state index in [1.807, 2.05) is 31.2 Å². The third kappa shape index (κ3) is 2.74. The number of nitrogens with one attached hydrogen (secondary N) is 1. The molecule has 1 saturated carbocycles. The van der Waals surface area contributed by atoms with Crippen molar-refractivity contribution in [2.75, 3.05) is 13.2 Å². The summed E-state index contributed by atoms with van der Waals surface area (Å²) < 4.78 is 6.40. The molecule has 4 nitrogen and oxygen atoms in total. The maximum atomic E-state index is 12.5. The quantitative estimate of drug-likeness (QED) is 0.871. The van der Waals surface area contributed by atoms with Crippen LogP contribution in [0.4, 0.5) is 0 Å². The number of ether oxygens (including phenoxy) is 1. The summed E-state index contributed by atoms with van der Waals surface area (Å²) in [7, 11) is 0. The molecule has 21 heavy (non-hydrogen) atoms. The van der Waals surface area contributed by atoms with Gasteiger partial charge in [-0.05, 0) is 37.5 Å². The van der Waals surface area contributed by atoms with E-state index in [1.54, 1.807) is 0 Å². The average molecular weight is 354 g/mol. The molecule has 2 atom stereocenters. The molecule has 0 radical (unpaired) electrons. The van der Waals surface area contributed by atoms with Gasteiger partial charge in [-0.3, -0.25) is 4.79 Å². The highest BCUT2D eigenvalue weighted by Gasteiger charge is 2.52. The van der Waals surface area contributed by atoms with E-state index >= 15 is 0 Å². The van der Waals surface area contributed by atoms with E-state index < -0.39 is 11.0 Å². The molecule has 1 aliphatic carbocycles. The van der Waals surface area contributed by atoms with Crippen LogP contribution < -0.4 is 5.32 Å². The zero-order chi connectivity index (χ0) is 15.1. The van der Waals surface area contributed by atoms with Crippen LogP contribution in [0.3, 0.4) is 0 Å². The molecule has 1 amide bonds. The predicted octanol–water partition coefficient (Wildman–Crippen LogP) is 2.14. The van der Waals surface area contributed by atoms with Crippen LogP contribution in [0.25, 0.3) is 0 Å². The normalized spacial score (nSPS) is 30.1. The number of carbonyl (C=O) groups is 1. The van der Waals surface area contributed by atoms with Gasteiger partial charge in [0.15, 0.2) is 0 Å². The Morgan fingerprint density at radius 3 is 2.57 bits per heavy atom. The monoisotopic (exact) mass is 353 g/mol. The average Bonchev–Trinajstić information content (AvgIpc) is 3.21. The highest BCUT2D eigenvalue weighted by molar-refractivity contribution is 9.10. The Kier molecular flexibility index (Phi) is 3.84. The summed E-state index contributed by atoms with van der Waals surface area (Å²) in [5, 5.41) is 13.4. The largest absolute Gasteiger partial charge is 0.385 e. The van der Waals surface area contributed by atoms with Crippen molar-refractivity contribution < 1.29 is 14.6 Å². The van der Waals surface area contributed by atoms with Gasteiger partial charge in [0.25, 0.3) is 0 Å². The number of hydrogen-bond donors (Lipinski definition) is 2. The van der Waals surface area contributed by atoms with Gasteiger partial charge >= 0.3 is 0 Å². The second-order valence-corrected chi connectivity index (χ2v) is 7.05. The van der Waals surface area contributed by atoms with E-state index in [2.05, 4.69) is 21.2 Å². The van der Waals surface area contributed by atoms with Crippen molar-refractivity contribution in [2.45, 2.75) is 43.3 Å². The number of halogens is 1. The molecular weight excluding hydrogens is 334 g/mol. The van der Waals surface area contributed by atoms with Gasteiger partial charge in [0.1, 0.15) is 5.60 Å². The van der Waals surface area contributed by atoms with Gasteiger partial charge in [-0.25, -0.2) is 0 Å². The lowest BCUT2D eigenvalue weighted by molar-refractivity contribution is -0.125. The van der Waals surface area contributed by atoms with Gasteiger partial charge in [-0.1, -0.05) is 28.1 Å². The predicted molar refractivity (Wildman–Crippen MR) is 83.0 cm³/mol. The number of rotatable bonds is 4. The van der Waals surface area contributed by atoms with E-state index in [-0.39, 0.29) is 18.6 Å². The lowest BCUT2D eigenvalue weighted by Gasteiger charge is -2.27. The van der Waals surface area contributed by atoms with E-state index in [9.17, 15) is 9.90 Å². The Hall–Kier alpha value is -0.910. The highest BCUT2D eigenvalue weighted by atomic mass is 79.9. The van der Waals surface area contributed by atoms with Crippen molar-refractivity contribution in [3.63, 3.8) is 0 Å². The van der Waals surface area contributed by atoms with Gasteiger partial charge in [0, 0.05) is 24.0 Å². The fourth-order valence-electron chi connectivity index (χ4n) is 2.95. The molecule has 114 valence electrons. The van der Waals surface area contributed by atoms with Crippen LogP contribution in [0.15, 0.2) is 28.7 Å². The van der Waals surface area contributed by atoms with Crippen molar-refractivity contribution in [3.05, 3.63) is 34.3 Å². The molecule has 1 aromatic carbocycles. The van der Waals surface area contributed by atoms with Crippen molar-refractivity contribution in [3.8, 4) is 0 Å². The Bertz CT molecular complexity index is 541. The number of benzene rings is 1. The SMILES string of the molecule is CC1OCCC1(O)CNC(=O)C1(c2ccc(Br)cc2)CC1. The molecule has 2 fully saturated rings. The molecule has 1 heterocycles. The molecule has 1 aliphatic heterocycles. The van der Waals surface area contributed by atoms with Crippen LogP contribution in [0, 0.1) is 0 Å². The summed E-state index contributed by atoms with van der Waals surface area (Å²) in [6, 6.07) is 7.91. The summed E-state index contributed by atoms with van der Waals surface area (Å²) in [4.78, 5) is 12.5. The molecule has 1 aromatic rings. The van der Waals surface area contributed by atoms with E-state index in [4.69, 9.17) is 4.74 Å². The Balaban J connectivity index is 1.67. The highest BCUT2D eigenvalue weighted by Crippen LogP contribution is 2.48. The van der Waals surface area contributed by atoms with Crippen molar-refractivity contribution in [1.82, 2.24) is 5.32 Å². The minimum atomic E-state index is -0.939. The Labute approximate surface area is 133 Å². The smallest absolute Gasteiger partial charge is 0.230 e. The molecule has 0 spiro atoms. The Morgan fingerprint density at radius 2 is 2.05 bits per heavy atom. The maximum absolute atomic E-state index is 12.5. The minimum Gasteiger partial charge on any atom is -0.385 e. The van der Waals surface area contributed by atoms with Crippen LogP contribution >= 0.6 is 15.9 Å². The van der Waals surface area contributed by atoms with Gasteiger partial charge in [-0.15, -0.1) is 0 Å². The summed E-state index contributed by atoms with van der Waals surface area (Å²) in [5.41, 5.74) is -0.295. The van der Waals surface area contributed by atoms with E-state index in [1.165, 1.54) is 0 Å². The number of carbonyl (C=O) groups excluding carboxylic acids is 1. The maximum Gasteiger partial charge on any atom is 0.230 e. The minimum absolute atomic E-state index is 0.0114. The molecule has 5 heteroatoms. The first kappa shape index (κ1) is 15.0. The zero-order valence-corrected chi connectivity index (χ0v) is 13.6. The molecular formula is C16H20BrNO3. The third-order valence-electron chi connectivity index (χ3n) is 4.80. The van der Waals surface area contributed by atoms with Gasteiger partial charge < -0.3 is 15.2 Å². The van der Waals surface area contributed by atoms with Crippen LogP contribution in [-0.4, -0.2) is 35.9 Å². The van der Waals surface area contributed by atoms with Crippen LogP contribution in [0.5, 0.6) is 0 Å². The van der Waals surface area contributed by atoms with Crippen molar-refractivity contribution in [2.24, 2.45) is 0 Å². The topological polar surface area (TPSA) is 58.6 Å². The summed E-state index contributed by atoms with van der Waals surface area (Å²) in [5.74, 6) is 0.0114. The zero-order valence-electron chi connectivity index (χ0n) is 12.1. The lowest BCUT2D eigenvalue weighted by Crippen LogP contribution is -2.49. The number of aliphatic hydroxyl groups is 1. The fourth-order valence-corrected chi connectivity index (χ4v) is 3.21. The van der Waals surface area contributed by atoms with Crippen LogP contribution in [0.1, 0.15) is 31.7 Å². The molecule has 0 aromatic heterocycles. The second-order valence-electron chi connectivity index (χ2n) is 6.14. The van der Waals surface area contributed by atoms with E-state index in [0.29, 0.717) is 13.0 Å². The Morgan fingerprint density at radius 1 is 1.38 bits per heavy atom. The molecule has 1 saturated heterocycles. The summed E-state index contributed by atoms with van der Waals surface area (Å²) in [6.07, 6.45) is 2.07. The number of hydrogen-bond acceptors (Lipinski definition) is 3. The summed E-state index contributed by atoms with van der Waals surface area (Å²) >= 11 is 3.41. The molecule has 0 bridgehead atoms. The van der Waals surface area contributed by atoms with Crippen LogP contribution in [0.2, 0.25) is 0 Å². The first-order valence-electron chi connectivity index (χ1n) is 7.35. The first-order chi connectivity index (χ1) is 9.96. The second kappa shape index (κ2) is 5.38. The summed E-state index contributed by atoms with van der Waals surface area (Å²) in [6.45, 7) is 2.65. The van der Waals surface area contributed by atoms with Gasteiger partial charge in [0.05, 0.1) is 11.5 Å².